The molecule has 0 atom stereocenters. The van der Waals surface area contributed by atoms with Crippen LogP contribution in [0.4, 0.5) is 4.79 Å². The Morgan fingerprint density at radius 2 is 1.50 bits per heavy atom. The van der Waals surface area contributed by atoms with E-state index in [4.69, 9.17) is 0 Å². The molecular weight excluding hydrogens is 108 g/mol. The van der Waals surface area contributed by atoms with Crippen LogP contribution in [0.15, 0.2) is 0 Å². The van der Waals surface area contributed by atoms with Gasteiger partial charge in [-0.2, -0.15) is 5.12 Å². The maximum Gasteiger partial charge on any atom is 0.343 e. The van der Waals surface area contributed by atoms with Gasteiger partial charge in [-0.3, -0.25) is 0 Å². The van der Waals surface area contributed by atoms with E-state index in [0.717, 1.165) is 0 Å². The molecule has 0 saturated heterocycles. The summed E-state index contributed by atoms with van der Waals surface area (Å²) in [5.74, 6) is 9.14. The van der Waals surface area contributed by atoms with E-state index in [1.54, 1.807) is 0 Å². The van der Waals surface area contributed by atoms with Crippen molar-refractivity contribution in [1.82, 2.24) is 5.12 Å². The highest BCUT2D eigenvalue weighted by molar-refractivity contribution is 5.70. The maximum absolute atomic E-state index is 9.60. The number of primary amides is 1. The van der Waals surface area contributed by atoms with E-state index in [9.17, 15) is 4.79 Å². The molecular formula is C3H12N4O. The number of nitrogens with two attached hydrogens (primary N) is 3. The molecule has 6 N–H and O–H groups in total. The summed E-state index contributed by atoms with van der Waals surface area (Å²) in [4.78, 5) is 9.60. The van der Waals surface area contributed by atoms with Gasteiger partial charge in [0.25, 0.3) is 0 Å². The minimum Gasteiger partial charge on any atom is -0.349 e. The van der Waals surface area contributed by atoms with Gasteiger partial charge in [-0.25, -0.2) is 16.5 Å². The molecule has 0 aliphatic rings. The fraction of sp³-hybridized carbons (Fsp3) is 0.667. The third kappa shape index (κ3) is 8.95. The predicted octanol–water partition coefficient (Wildman–Crippen LogP) is -0.859. The van der Waals surface area contributed by atoms with Crippen molar-refractivity contribution in [1.29, 1.82) is 0 Å². The smallest absolute Gasteiger partial charge is 0.343 e. The molecule has 0 rings (SSSR count). The normalized spacial score (nSPS) is 6.50. The molecule has 0 spiro atoms. The zero-order valence-corrected chi connectivity index (χ0v) is 5.09. The average Bonchev–Trinajstić information content (AvgIpc) is 1.72. The first-order chi connectivity index (χ1) is 3.64. The van der Waals surface area contributed by atoms with E-state index in [-0.39, 0.29) is 0 Å². The lowest BCUT2D eigenvalue weighted by atomic mass is 11.0. The molecule has 0 saturated carbocycles. The van der Waals surface area contributed by atoms with E-state index in [1.165, 1.54) is 0 Å². The molecule has 0 fully saturated rings. The average molecular weight is 120 g/mol. The molecule has 0 aromatic carbocycles. The molecule has 0 bridgehead atoms. The summed E-state index contributed by atoms with van der Waals surface area (Å²) in [5.41, 5.74) is 4.47. The number of hydrogen-bond acceptors (Lipinski definition) is 3. The van der Waals surface area contributed by atoms with E-state index in [0.29, 0.717) is 5.12 Å². The first kappa shape index (κ1) is 10.2. The third-order valence-electron chi connectivity index (χ3n) is 0.254. The standard InChI is InChI=1S/C2H6.CH6N4O/c1-2;2-1(6)5(3)4/h1-2H3;3-4H2,(H2,2,6). The van der Waals surface area contributed by atoms with Gasteiger partial charge in [0.2, 0.25) is 0 Å². The van der Waals surface area contributed by atoms with Gasteiger partial charge in [-0.1, -0.05) is 13.8 Å². The SMILES string of the molecule is CC.NC(=O)N(N)N. The summed E-state index contributed by atoms with van der Waals surface area (Å²) in [6, 6.07) is -0.852. The highest BCUT2D eigenvalue weighted by Crippen LogP contribution is 1.53. The van der Waals surface area contributed by atoms with Gasteiger partial charge < -0.3 is 5.73 Å². The molecule has 8 heavy (non-hydrogen) atoms. The summed E-state index contributed by atoms with van der Waals surface area (Å²) in [7, 11) is 0. The molecule has 5 heteroatoms. The van der Waals surface area contributed by atoms with E-state index < -0.39 is 6.03 Å². The van der Waals surface area contributed by atoms with Crippen LogP contribution in [0.3, 0.4) is 0 Å². The van der Waals surface area contributed by atoms with Gasteiger partial charge in [0, 0.05) is 0 Å². The highest BCUT2D eigenvalue weighted by Gasteiger charge is 1.90. The number of amides is 2. The zero-order chi connectivity index (χ0) is 7.15. The number of carbonyl (C=O) groups is 1. The Bertz CT molecular complexity index is 62.3. The second-order valence-corrected chi connectivity index (χ2v) is 0.746. The van der Waals surface area contributed by atoms with E-state index >= 15 is 0 Å². The van der Waals surface area contributed by atoms with Crippen molar-refractivity contribution >= 4 is 6.03 Å². The molecule has 0 aromatic heterocycles. The Morgan fingerprint density at radius 1 is 1.38 bits per heavy atom. The zero-order valence-electron chi connectivity index (χ0n) is 5.09. The third-order valence-corrected chi connectivity index (χ3v) is 0.254. The molecule has 0 unspecified atom stereocenters. The monoisotopic (exact) mass is 120 g/mol. The molecule has 2 amide bonds. The Kier molecular flexibility index (Phi) is 7.91. The van der Waals surface area contributed by atoms with Crippen molar-refractivity contribution in [2.45, 2.75) is 13.8 Å². The number of carbonyl (C=O) groups excluding carboxylic acids is 1. The summed E-state index contributed by atoms with van der Waals surface area (Å²) in [6.07, 6.45) is 0. The topological polar surface area (TPSA) is 98.4 Å². The highest BCUT2D eigenvalue weighted by atomic mass is 16.2. The summed E-state index contributed by atoms with van der Waals surface area (Å²) < 4.78 is 0. The number of nitrogens with zero attached hydrogens (tertiary/aromatic N) is 1. The van der Waals surface area contributed by atoms with Crippen LogP contribution in [0, 0.1) is 0 Å². The van der Waals surface area contributed by atoms with Crippen LogP contribution in [0.5, 0.6) is 0 Å². The number of urea groups is 1. The summed E-state index contributed by atoms with van der Waals surface area (Å²) in [5, 5.41) is 0.306. The number of hydrazine groups is 2. The molecule has 0 aromatic rings. The molecule has 0 radical (unpaired) electrons. The molecule has 0 heterocycles. The van der Waals surface area contributed by atoms with Gasteiger partial charge in [0.1, 0.15) is 0 Å². The van der Waals surface area contributed by atoms with Crippen LogP contribution < -0.4 is 17.4 Å². The van der Waals surface area contributed by atoms with Crippen molar-refractivity contribution < 1.29 is 4.79 Å². The lowest BCUT2D eigenvalue weighted by molar-refractivity contribution is 0.210. The van der Waals surface area contributed by atoms with Crippen molar-refractivity contribution in [3.05, 3.63) is 0 Å². The Morgan fingerprint density at radius 3 is 1.50 bits per heavy atom. The van der Waals surface area contributed by atoms with Crippen LogP contribution >= 0.6 is 0 Å². The minimum absolute atomic E-state index is 0.306. The van der Waals surface area contributed by atoms with Crippen molar-refractivity contribution in [2.75, 3.05) is 0 Å². The first-order valence-electron chi connectivity index (χ1n) is 2.23. The molecule has 50 valence electrons. The van der Waals surface area contributed by atoms with Crippen LogP contribution in [-0.4, -0.2) is 11.1 Å². The lowest BCUT2D eigenvalue weighted by Crippen LogP contribution is -2.46. The maximum atomic E-state index is 9.60. The molecule has 0 aliphatic carbocycles. The first-order valence-corrected chi connectivity index (χ1v) is 2.23. The number of hydrogen-bond donors (Lipinski definition) is 3. The lowest BCUT2D eigenvalue weighted by Gasteiger charge is -2.00. The summed E-state index contributed by atoms with van der Waals surface area (Å²) >= 11 is 0. The quantitative estimate of drug-likeness (QED) is 0.220. The molecule has 0 aliphatic heterocycles. The van der Waals surface area contributed by atoms with Crippen molar-refractivity contribution in [2.24, 2.45) is 17.4 Å². The largest absolute Gasteiger partial charge is 0.349 e. The van der Waals surface area contributed by atoms with Gasteiger partial charge in [-0.15, -0.1) is 0 Å². The fourth-order valence-corrected chi connectivity index (χ4v) is 0. The van der Waals surface area contributed by atoms with E-state index in [1.807, 2.05) is 13.8 Å². The second kappa shape index (κ2) is 6.19. The van der Waals surface area contributed by atoms with Crippen LogP contribution in [0.2, 0.25) is 0 Å². The van der Waals surface area contributed by atoms with Crippen LogP contribution in [0.25, 0.3) is 0 Å². The fourth-order valence-electron chi connectivity index (χ4n) is 0. The molecule has 5 nitrogen and oxygen atoms in total. The van der Waals surface area contributed by atoms with Gasteiger partial charge in [0.15, 0.2) is 0 Å². The van der Waals surface area contributed by atoms with Gasteiger partial charge >= 0.3 is 6.03 Å². The van der Waals surface area contributed by atoms with Crippen LogP contribution in [0.1, 0.15) is 13.8 Å². The van der Waals surface area contributed by atoms with Crippen molar-refractivity contribution in [3.63, 3.8) is 0 Å². The predicted molar refractivity (Wildman–Crippen MR) is 31.1 cm³/mol. The Hall–Kier alpha value is -0.810. The van der Waals surface area contributed by atoms with Crippen LogP contribution in [-0.2, 0) is 0 Å². The minimum atomic E-state index is -0.852. The second-order valence-electron chi connectivity index (χ2n) is 0.746. The van der Waals surface area contributed by atoms with Crippen molar-refractivity contribution in [3.8, 4) is 0 Å². The van der Waals surface area contributed by atoms with E-state index in [2.05, 4.69) is 17.4 Å². The van der Waals surface area contributed by atoms with Gasteiger partial charge in [-0.05, 0) is 0 Å². The Balaban J connectivity index is 0. The number of rotatable bonds is 0. The summed E-state index contributed by atoms with van der Waals surface area (Å²) in [6.45, 7) is 4.00. The van der Waals surface area contributed by atoms with Gasteiger partial charge in [0.05, 0.1) is 0 Å². The Labute approximate surface area is 48.4 Å².